The lowest BCUT2D eigenvalue weighted by atomic mass is 10.1. The molecule has 0 aliphatic carbocycles. The van der Waals surface area contributed by atoms with E-state index in [1.807, 2.05) is 28.1 Å². The molecule has 0 bridgehead atoms. The molecule has 0 amide bonds. The summed E-state index contributed by atoms with van der Waals surface area (Å²) in [5.74, 6) is -0.863. The fraction of sp³-hybridized carbons (Fsp3) is 0.0833. The Labute approximate surface area is 106 Å². The minimum absolute atomic E-state index is 0.0461. The van der Waals surface area contributed by atoms with E-state index in [1.54, 1.807) is 12.4 Å². The molecule has 3 aromatic heterocycles. The van der Waals surface area contributed by atoms with Crippen LogP contribution in [0.15, 0.2) is 36.1 Å². The lowest BCUT2D eigenvalue weighted by molar-refractivity contribution is -0.136. The number of imidazole rings is 1. The Bertz CT molecular complexity index is 703. The first-order valence-corrected chi connectivity index (χ1v) is 6.20. The Kier molecular flexibility index (Phi) is 2.56. The van der Waals surface area contributed by atoms with E-state index in [-0.39, 0.29) is 6.42 Å². The van der Waals surface area contributed by atoms with Crippen LogP contribution in [0.25, 0.3) is 16.2 Å². The van der Waals surface area contributed by atoms with Crippen LogP contribution in [0.2, 0.25) is 0 Å². The van der Waals surface area contributed by atoms with Crippen molar-refractivity contribution in [3.8, 4) is 11.3 Å². The fourth-order valence-electron chi connectivity index (χ4n) is 1.89. The van der Waals surface area contributed by atoms with Crippen LogP contribution < -0.4 is 0 Å². The van der Waals surface area contributed by atoms with Gasteiger partial charge in [-0.05, 0) is 12.1 Å². The van der Waals surface area contributed by atoms with Crippen molar-refractivity contribution in [1.29, 1.82) is 0 Å². The van der Waals surface area contributed by atoms with Crippen LogP contribution in [-0.2, 0) is 11.2 Å². The molecule has 18 heavy (non-hydrogen) atoms. The number of pyridine rings is 1. The largest absolute Gasteiger partial charge is 0.481 e. The van der Waals surface area contributed by atoms with Crippen LogP contribution >= 0.6 is 11.3 Å². The Morgan fingerprint density at radius 1 is 1.39 bits per heavy atom. The molecule has 6 heteroatoms. The van der Waals surface area contributed by atoms with Gasteiger partial charge in [-0.2, -0.15) is 0 Å². The monoisotopic (exact) mass is 259 g/mol. The zero-order valence-corrected chi connectivity index (χ0v) is 10.1. The second kappa shape index (κ2) is 4.23. The summed E-state index contributed by atoms with van der Waals surface area (Å²) >= 11 is 1.49. The van der Waals surface area contributed by atoms with E-state index in [1.165, 1.54) is 11.3 Å². The summed E-state index contributed by atoms with van der Waals surface area (Å²) < 4.78 is 1.83. The molecule has 0 fully saturated rings. The maximum Gasteiger partial charge on any atom is 0.309 e. The van der Waals surface area contributed by atoms with Crippen molar-refractivity contribution < 1.29 is 9.90 Å². The molecule has 3 heterocycles. The number of carboxylic acids is 1. The molecule has 90 valence electrons. The van der Waals surface area contributed by atoms with Crippen LogP contribution in [0, 0.1) is 0 Å². The molecule has 0 unspecified atom stereocenters. The van der Waals surface area contributed by atoms with E-state index in [0.29, 0.717) is 11.4 Å². The molecule has 3 rings (SSSR count). The summed E-state index contributed by atoms with van der Waals surface area (Å²) in [6, 6.07) is 3.66. The number of hydrogen-bond acceptors (Lipinski definition) is 4. The quantitative estimate of drug-likeness (QED) is 0.782. The number of carbonyl (C=O) groups is 1. The third-order valence-corrected chi connectivity index (χ3v) is 3.39. The Morgan fingerprint density at radius 2 is 2.17 bits per heavy atom. The second-order valence-electron chi connectivity index (χ2n) is 3.77. The molecule has 3 aromatic rings. The Balaban J connectivity index is 2.21. The average molecular weight is 259 g/mol. The maximum atomic E-state index is 11.0. The van der Waals surface area contributed by atoms with E-state index < -0.39 is 5.97 Å². The summed E-state index contributed by atoms with van der Waals surface area (Å²) in [5.41, 5.74) is 2.30. The minimum atomic E-state index is -0.863. The van der Waals surface area contributed by atoms with Gasteiger partial charge in [-0.1, -0.05) is 0 Å². The summed E-state index contributed by atoms with van der Waals surface area (Å²) in [6.07, 6.45) is 5.15. The zero-order valence-electron chi connectivity index (χ0n) is 9.28. The topological polar surface area (TPSA) is 67.5 Å². The third kappa shape index (κ3) is 1.76. The number of fused-ring (bicyclic) bond motifs is 1. The molecular formula is C12H9N3O2S. The average Bonchev–Trinajstić information content (AvgIpc) is 2.93. The van der Waals surface area contributed by atoms with Gasteiger partial charge in [-0.15, -0.1) is 11.3 Å². The minimum Gasteiger partial charge on any atom is -0.481 e. The van der Waals surface area contributed by atoms with Crippen LogP contribution in [0.1, 0.15) is 5.69 Å². The van der Waals surface area contributed by atoms with Crippen molar-refractivity contribution in [2.24, 2.45) is 0 Å². The second-order valence-corrected chi connectivity index (χ2v) is 4.64. The van der Waals surface area contributed by atoms with Gasteiger partial charge < -0.3 is 5.11 Å². The van der Waals surface area contributed by atoms with Gasteiger partial charge in [0.1, 0.15) is 0 Å². The Hall–Kier alpha value is -2.21. The van der Waals surface area contributed by atoms with Crippen molar-refractivity contribution in [2.75, 3.05) is 0 Å². The van der Waals surface area contributed by atoms with E-state index >= 15 is 0 Å². The fourth-order valence-corrected chi connectivity index (χ4v) is 2.62. The molecule has 0 saturated carbocycles. The predicted molar refractivity (Wildman–Crippen MR) is 67.6 cm³/mol. The Morgan fingerprint density at radius 3 is 2.89 bits per heavy atom. The first-order chi connectivity index (χ1) is 8.75. The van der Waals surface area contributed by atoms with Crippen LogP contribution in [0.3, 0.4) is 0 Å². The molecule has 0 aliphatic rings. The van der Waals surface area contributed by atoms with E-state index in [0.717, 1.165) is 10.5 Å². The highest BCUT2D eigenvalue weighted by atomic mass is 32.1. The van der Waals surface area contributed by atoms with Crippen LogP contribution in [0.5, 0.6) is 0 Å². The van der Waals surface area contributed by atoms with E-state index in [9.17, 15) is 4.79 Å². The number of hydrogen-bond donors (Lipinski definition) is 1. The SMILES string of the molecule is O=C(O)Cc1c(-c2ccncc2)nc2sccn12. The maximum absolute atomic E-state index is 11.0. The van der Waals surface area contributed by atoms with Gasteiger partial charge in [-0.25, -0.2) is 4.98 Å². The van der Waals surface area contributed by atoms with Crippen molar-refractivity contribution in [3.63, 3.8) is 0 Å². The van der Waals surface area contributed by atoms with Gasteiger partial charge in [0.2, 0.25) is 0 Å². The smallest absolute Gasteiger partial charge is 0.309 e. The first kappa shape index (κ1) is 10.9. The molecule has 0 spiro atoms. The third-order valence-electron chi connectivity index (χ3n) is 2.63. The summed E-state index contributed by atoms with van der Waals surface area (Å²) in [5, 5.41) is 10.9. The van der Waals surface area contributed by atoms with Gasteiger partial charge >= 0.3 is 5.97 Å². The molecule has 5 nitrogen and oxygen atoms in total. The first-order valence-electron chi connectivity index (χ1n) is 5.32. The lowest BCUT2D eigenvalue weighted by Gasteiger charge is -2.01. The van der Waals surface area contributed by atoms with Gasteiger partial charge in [0.15, 0.2) is 4.96 Å². The number of nitrogens with zero attached hydrogens (tertiary/aromatic N) is 3. The molecule has 0 aromatic carbocycles. The highest BCUT2D eigenvalue weighted by Gasteiger charge is 2.16. The van der Waals surface area contributed by atoms with Gasteiger partial charge in [-0.3, -0.25) is 14.2 Å². The molecule has 0 saturated heterocycles. The van der Waals surface area contributed by atoms with Crippen LogP contribution in [0.4, 0.5) is 0 Å². The van der Waals surface area contributed by atoms with Crippen molar-refractivity contribution in [3.05, 3.63) is 41.8 Å². The molecule has 0 atom stereocenters. The predicted octanol–water partition coefficient (Wildman–Crippen LogP) is 2.08. The standard InChI is InChI=1S/C12H9N3O2S/c16-10(17)7-9-11(8-1-3-13-4-2-8)14-12-15(9)5-6-18-12/h1-6H,7H2,(H,16,17). The number of thiazole rings is 1. The number of carboxylic acid groups (broad SMARTS) is 1. The highest BCUT2D eigenvalue weighted by molar-refractivity contribution is 7.15. The normalized spacial score (nSPS) is 10.9. The van der Waals surface area contributed by atoms with Gasteiger partial charge in [0.05, 0.1) is 17.8 Å². The van der Waals surface area contributed by atoms with E-state index in [2.05, 4.69) is 9.97 Å². The van der Waals surface area contributed by atoms with Crippen LogP contribution in [-0.4, -0.2) is 25.4 Å². The van der Waals surface area contributed by atoms with E-state index in [4.69, 9.17) is 5.11 Å². The molecule has 0 aliphatic heterocycles. The van der Waals surface area contributed by atoms with Crippen molar-refractivity contribution in [1.82, 2.24) is 14.4 Å². The molecule has 0 radical (unpaired) electrons. The number of aromatic nitrogens is 3. The van der Waals surface area contributed by atoms with Crippen molar-refractivity contribution >= 4 is 22.3 Å². The molecule has 1 N–H and O–H groups in total. The summed E-state index contributed by atoms with van der Waals surface area (Å²) in [7, 11) is 0. The highest BCUT2D eigenvalue weighted by Crippen LogP contribution is 2.26. The zero-order chi connectivity index (χ0) is 12.5. The van der Waals surface area contributed by atoms with Gasteiger partial charge in [0, 0.05) is 29.5 Å². The molecular weight excluding hydrogens is 250 g/mol. The van der Waals surface area contributed by atoms with Gasteiger partial charge in [0.25, 0.3) is 0 Å². The summed E-state index contributed by atoms with van der Waals surface area (Å²) in [6.45, 7) is 0. The summed E-state index contributed by atoms with van der Waals surface area (Å²) in [4.78, 5) is 20.2. The number of aliphatic carboxylic acids is 1. The number of rotatable bonds is 3. The van der Waals surface area contributed by atoms with Crippen molar-refractivity contribution in [2.45, 2.75) is 6.42 Å². The lowest BCUT2D eigenvalue weighted by Crippen LogP contribution is -2.04.